The van der Waals surface area contributed by atoms with Gasteiger partial charge in [0, 0.05) is 45.9 Å². The van der Waals surface area contributed by atoms with Gasteiger partial charge in [-0.3, -0.25) is 4.90 Å². The van der Waals surface area contributed by atoms with E-state index in [1.54, 1.807) is 12.4 Å². The summed E-state index contributed by atoms with van der Waals surface area (Å²) in [7, 11) is 0. The van der Waals surface area contributed by atoms with Crippen molar-refractivity contribution in [2.24, 2.45) is 0 Å². The second-order valence-electron chi connectivity index (χ2n) is 11.3. The third-order valence-electron chi connectivity index (χ3n) is 8.69. The number of hydrogen-bond donors (Lipinski definition) is 0. The molecule has 5 heterocycles. The molecule has 5 aromatic carbocycles. The molecule has 2 aromatic heterocycles. The molecule has 3 aliphatic heterocycles. The van der Waals surface area contributed by atoms with Gasteiger partial charge in [-0.25, -0.2) is 24.9 Å². The zero-order valence-corrected chi connectivity index (χ0v) is 24.2. The minimum absolute atomic E-state index is 0.0861. The maximum Gasteiger partial charge on any atom is 0.266 e. The van der Waals surface area contributed by atoms with Crippen LogP contribution >= 0.6 is 0 Å². The Bertz CT molecular complexity index is 2200. The first-order valence-electron chi connectivity index (χ1n) is 15.0. The van der Waals surface area contributed by atoms with Gasteiger partial charge >= 0.3 is 0 Å². The van der Waals surface area contributed by atoms with E-state index >= 15 is 0 Å². The Labute approximate surface area is 264 Å². The lowest BCUT2D eigenvalue weighted by atomic mass is 9.33. The summed E-state index contributed by atoms with van der Waals surface area (Å²) < 4.78 is 13.4. The highest BCUT2D eigenvalue weighted by Crippen LogP contribution is 2.45. The Morgan fingerprint density at radius 1 is 0.457 bits per heavy atom. The molecule has 0 unspecified atom stereocenters. The third kappa shape index (κ3) is 3.65. The molecule has 0 N–H and O–H groups in total. The summed E-state index contributed by atoms with van der Waals surface area (Å²) in [6.07, 6.45) is 3.52. The number of benzene rings is 5. The minimum Gasteiger partial charge on any atom is -0.458 e. The van der Waals surface area contributed by atoms with Crippen molar-refractivity contribution in [1.82, 2.24) is 24.9 Å². The van der Waals surface area contributed by atoms with Gasteiger partial charge in [-0.15, -0.1) is 0 Å². The van der Waals surface area contributed by atoms with Crippen LogP contribution in [0.25, 0.3) is 34.2 Å². The van der Waals surface area contributed by atoms with Gasteiger partial charge in [-0.1, -0.05) is 72.8 Å². The Kier molecular flexibility index (Phi) is 5.21. The van der Waals surface area contributed by atoms with Gasteiger partial charge in [0.1, 0.15) is 23.0 Å². The Morgan fingerprint density at radius 3 is 1.48 bits per heavy atom. The maximum atomic E-state index is 6.71. The van der Waals surface area contributed by atoms with Gasteiger partial charge < -0.3 is 9.47 Å². The fourth-order valence-electron chi connectivity index (χ4n) is 6.76. The SMILES string of the molecule is c1ccc(-c2nc(-c3ccccc3)nc(-c3cc4c5c(c3)Oc3cccc6c3B5c3c(cccc3N6c3ncccn3)O4)n2)cc1. The van der Waals surface area contributed by atoms with Gasteiger partial charge in [-0.2, -0.15) is 0 Å². The van der Waals surface area contributed by atoms with E-state index in [4.69, 9.17) is 24.4 Å². The van der Waals surface area contributed by atoms with Crippen molar-refractivity contribution in [3.63, 3.8) is 0 Å². The second kappa shape index (κ2) is 9.58. The number of rotatable bonds is 4. The molecule has 46 heavy (non-hydrogen) atoms. The predicted molar refractivity (Wildman–Crippen MR) is 178 cm³/mol. The van der Waals surface area contributed by atoms with Crippen molar-refractivity contribution in [3.05, 3.63) is 128 Å². The van der Waals surface area contributed by atoms with Crippen LogP contribution in [0.5, 0.6) is 23.0 Å². The van der Waals surface area contributed by atoms with Gasteiger partial charge in [0.2, 0.25) is 5.95 Å². The molecule has 7 aromatic rings. The predicted octanol–water partition coefficient (Wildman–Crippen LogP) is 6.17. The average Bonchev–Trinajstić information content (AvgIpc) is 3.12. The van der Waals surface area contributed by atoms with Crippen LogP contribution in [-0.4, -0.2) is 31.6 Å². The van der Waals surface area contributed by atoms with E-state index in [0.29, 0.717) is 23.4 Å². The van der Waals surface area contributed by atoms with Crippen molar-refractivity contribution < 1.29 is 9.47 Å². The highest BCUT2D eigenvalue weighted by atomic mass is 16.5. The fourth-order valence-corrected chi connectivity index (χ4v) is 6.76. The molecule has 0 aliphatic carbocycles. The van der Waals surface area contributed by atoms with E-state index in [1.807, 2.05) is 103 Å². The van der Waals surface area contributed by atoms with Crippen molar-refractivity contribution >= 4 is 40.4 Å². The van der Waals surface area contributed by atoms with Crippen molar-refractivity contribution in [3.8, 4) is 57.2 Å². The summed E-state index contributed by atoms with van der Waals surface area (Å²) >= 11 is 0. The first-order valence-corrected chi connectivity index (χ1v) is 15.0. The van der Waals surface area contributed by atoms with Crippen molar-refractivity contribution in [2.75, 3.05) is 4.90 Å². The highest BCUT2D eigenvalue weighted by molar-refractivity contribution is 7.00. The normalized spacial score (nSPS) is 13.0. The van der Waals surface area contributed by atoms with Gasteiger partial charge in [0.25, 0.3) is 6.71 Å². The lowest BCUT2D eigenvalue weighted by Crippen LogP contribution is -2.61. The fraction of sp³-hybridized carbons (Fsp3) is 0. The zero-order chi connectivity index (χ0) is 30.2. The van der Waals surface area contributed by atoms with E-state index < -0.39 is 0 Å². The molecule has 0 atom stereocenters. The van der Waals surface area contributed by atoms with Crippen molar-refractivity contribution in [1.29, 1.82) is 0 Å². The first-order chi connectivity index (χ1) is 22.8. The molecule has 0 saturated carbocycles. The number of ether oxygens (including phenoxy) is 2. The van der Waals surface area contributed by atoms with Gasteiger partial charge in [0.05, 0.1) is 0 Å². The lowest BCUT2D eigenvalue weighted by molar-refractivity contribution is 0.464. The highest BCUT2D eigenvalue weighted by Gasteiger charge is 2.47. The van der Waals surface area contributed by atoms with E-state index in [2.05, 4.69) is 27.0 Å². The quantitative estimate of drug-likeness (QED) is 0.224. The molecule has 0 saturated heterocycles. The maximum absolute atomic E-state index is 6.71. The number of anilines is 3. The zero-order valence-electron chi connectivity index (χ0n) is 24.2. The Morgan fingerprint density at radius 2 is 0.957 bits per heavy atom. The van der Waals surface area contributed by atoms with E-state index in [0.717, 1.165) is 67.5 Å². The molecule has 0 fully saturated rings. The van der Waals surface area contributed by atoms with Crippen LogP contribution in [0.2, 0.25) is 0 Å². The van der Waals surface area contributed by atoms with Crippen LogP contribution in [0.4, 0.5) is 17.3 Å². The Balaban J connectivity index is 1.18. The van der Waals surface area contributed by atoms with Gasteiger partial charge in [0.15, 0.2) is 17.5 Å². The minimum atomic E-state index is -0.0861. The summed E-state index contributed by atoms with van der Waals surface area (Å²) in [5.74, 6) is 5.32. The molecule has 8 nitrogen and oxygen atoms in total. The van der Waals surface area contributed by atoms with Crippen LogP contribution < -0.4 is 30.8 Å². The molecular weight excluding hydrogens is 571 g/mol. The molecule has 0 spiro atoms. The summed E-state index contributed by atoms with van der Waals surface area (Å²) in [4.78, 5) is 26.1. The van der Waals surface area contributed by atoms with Crippen LogP contribution in [0.1, 0.15) is 0 Å². The first kappa shape index (κ1) is 25.0. The molecular formula is C37H21BN6O2. The number of aromatic nitrogens is 5. The summed E-state index contributed by atoms with van der Waals surface area (Å²) in [5.41, 5.74) is 7.68. The standard InChI is InChI=1S/C37H21BN6O2/c1-3-10-22(11-4-1)34-41-35(23-12-5-2-6-13-23)43-36(42-34)24-20-29-33-30(21-24)46-28-17-8-15-26-32(28)38(33)31-25(14-7-16-27(31)45-29)44(26)37-39-18-9-19-40-37/h1-21H. The average molecular weight is 592 g/mol. The molecule has 0 bridgehead atoms. The van der Waals surface area contributed by atoms with Crippen LogP contribution in [0, 0.1) is 0 Å². The molecule has 10 rings (SSSR count). The Hall–Kier alpha value is -6.35. The molecule has 214 valence electrons. The van der Waals surface area contributed by atoms with Crippen LogP contribution in [0.3, 0.4) is 0 Å². The summed E-state index contributed by atoms with van der Waals surface area (Å²) in [6, 6.07) is 38.1. The summed E-state index contributed by atoms with van der Waals surface area (Å²) in [5, 5.41) is 0. The molecule has 3 aliphatic rings. The van der Waals surface area contributed by atoms with Crippen LogP contribution in [-0.2, 0) is 0 Å². The van der Waals surface area contributed by atoms with Crippen LogP contribution in [0.15, 0.2) is 128 Å². The lowest BCUT2D eigenvalue weighted by Gasteiger charge is -2.41. The van der Waals surface area contributed by atoms with E-state index in [9.17, 15) is 0 Å². The van der Waals surface area contributed by atoms with E-state index in [1.165, 1.54) is 0 Å². The third-order valence-corrected chi connectivity index (χ3v) is 8.69. The largest absolute Gasteiger partial charge is 0.458 e. The van der Waals surface area contributed by atoms with Crippen molar-refractivity contribution in [2.45, 2.75) is 0 Å². The summed E-state index contributed by atoms with van der Waals surface area (Å²) in [6.45, 7) is -0.0861. The smallest absolute Gasteiger partial charge is 0.266 e. The molecule has 9 heteroatoms. The van der Waals surface area contributed by atoms with E-state index in [-0.39, 0.29) is 6.71 Å². The molecule has 0 amide bonds. The second-order valence-corrected chi connectivity index (χ2v) is 11.3. The number of hydrogen-bond acceptors (Lipinski definition) is 8. The monoisotopic (exact) mass is 592 g/mol. The molecule has 0 radical (unpaired) electrons. The topological polar surface area (TPSA) is 86.2 Å². The van der Waals surface area contributed by atoms with Gasteiger partial charge in [-0.05, 0) is 53.4 Å². The number of nitrogens with zero attached hydrogens (tertiary/aromatic N) is 6.